The first-order valence-corrected chi connectivity index (χ1v) is 6.43. The maximum absolute atomic E-state index is 6.43. The van der Waals surface area contributed by atoms with Gasteiger partial charge in [0.2, 0.25) is 0 Å². The number of ether oxygens (including phenoxy) is 1. The van der Waals surface area contributed by atoms with Crippen molar-refractivity contribution >= 4 is 23.2 Å². The maximum atomic E-state index is 6.43. The normalized spacial score (nSPS) is 24.8. The molecule has 88 valence electrons. The van der Waals surface area contributed by atoms with Gasteiger partial charge in [-0.25, -0.2) is 0 Å². The van der Waals surface area contributed by atoms with Gasteiger partial charge in [-0.1, -0.05) is 18.5 Å². The molecule has 2 atom stereocenters. The molecule has 1 aliphatic carbocycles. The molecule has 0 aromatic heterocycles. The molecule has 1 aliphatic rings. The molecule has 0 N–H and O–H groups in total. The lowest BCUT2D eigenvalue weighted by Gasteiger charge is -2.14. The average Bonchev–Trinajstić information content (AvgIpc) is 2.39. The van der Waals surface area contributed by atoms with Gasteiger partial charge in [0.05, 0.1) is 12.5 Å². The Hall–Kier alpha value is -0.400. The lowest BCUT2D eigenvalue weighted by molar-refractivity contribution is 0.414. The van der Waals surface area contributed by atoms with Gasteiger partial charge in [0.15, 0.2) is 0 Å². The molecule has 0 bridgehead atoms. The highest BCUT2D eigenvalue weighted by Gasteiger charge is 2.23. The predicted octanol–water partition coefficient (Wildman–Crippen LogP) is 4.60. The molecule has 2 unspecified atom stereocenters. The third kappa shape index (κ3) is 2.31. The summed E-state index contributed by atoms with van der Waals surface area (Å²) in [6.07, 6.45) is 3.18. The molecule has 1 nitrogen and oxygen atoms in total. The number of rotatable bonds is 1. The van der Waals surface area contributed by atoms with E-state index in [2.05, 4.69) is 6.92 Å². The Morgan fingerprint density at radius 2 is 2.12 bits per heavy atom. The van der Waals surface area contributed by atoms with Gasteiger partial charge in [-0.3, -0.25) is 0 Å². The van der Waals surface area contributed by atoms with Crippen molar-refractivity contribution in [2.24, 2.45) is 5.92 Å². The van der Waals surface area contributed by atoms with E-state index in [4.69, 9.17) is 27.9 Å². The molecule has 0 aliphatic heterocycles. The summed E-state index contributed by atoms with van der Waals surface area (Å²) in [5, 5.41) is 0.842. The van der Waals surface area contributed by atoms with Crippen molar-refractivity contribution in [1.82, 2.24) is 0 Å². The van der Waals surface area contributed by atoms with Crippen LogP contribution in [0.4, 0.5) is 0 Å². The van der Waals surface area contributed by atoms with Crippen LogP contribution in [0, 0.1) is 5.92 Å². The monoisotopic (exact) mass is 258 g/mol. The lowest BCUT2D eigenvalue weighted by atomic mass is 10.0. The fourth-order valence-corrected chi connectivity index (χ4v) is 3.09. The largest absolute Gasteiger partial charge is 0.497 e. The van der Waals surface area contributed by atoms with Crippen molar-refractivity contribution in [2.45, 2.75) is 31.6 Å². The minimum absolute atomic E-state index is 0.0556. The van der Waals surface area contributed by atoms with Gasteiger partial charge in [-0.05, 0) is 48.4 Å². The highest BCUT2D eigenvalue weighted by molar-refractivity contribution is 6.32. The second-order valence-electron chi connectivity index (χ2n) is 4.52. The van der Waals surface area contributed by atoms with Gasteiger partial charge < -0.3 is 4.74 Å². The summed E-state index contributed by atoms with van der Waals surface area (Å²) in [6, 6.07) is 3.90. The smallest absolute Gasteiger partial charge is 0.120 e. The Bertz CT molecular complexity index is 390. The molecule has 3 heteroatoms. The number of hydrogen-bond acceptors (Lipinski definition) is 1. The molecular weight excluding hydrogens is 243 g/mol. The Morgan fingerprint density at radius 1 is 1.38 bits per heavy atom. The summed E-state index contributed by atoms with van der Waals surface area (Å²) in [5.41, 5.74) is 2.35. The van der Waals surface area contributed by atoms with E-state index in [1.165, 1.54) is 5.56 Å². The number of alkyl halides is 1. The van der Waals surface area contributed by atoms with Crippen LogP contribution in [0.2, 0.25) is 5.02 Å². The van der Waals surface area contributed by atoms with E-state index in [0.717, 1.165) is 35.6 Å². The highest BCUT2D eigenvalue weighted by Crippen LogP contribution is 2.40. The van der Waals surface area contributed by atoms with E-state index in [0.29, 0.717) is 5.92 Å². The van der Waals surface area contributed by atoms with Crippen LogP contribution < -0.4 is 4.74 Å². The first-order valence-electron chi connectivity index (χ1n) is 5.62. The fourth-order valence-electron chi connectivity index (χ4n) is 2.28. The van der Waals surface area contributed by atoms with Crippen LogP contribution in [0.15, 0.2) is 12.1 Å². The zero-order chi connectivity index (χ0) is 11.7. The Balaban J connectivity index is 2.47. The molecule has 1 aromatic rings. The van der Waals surface area contributed by atoms with E-state index in [1.54, 1.807) is 7.11 Å². The molecular formula is C13H16Cl2O. The van der Waals surface area contributed by atoms with Gasteiger partial charge in [-0.2, -0.15) is 0 Å². The molecule has 0 amide bonds. The molecule has 0 saturated carbocycles. The second kappa shape index (κ2) is 4.85. The maximum Gasteiger partial charge on any atom is 0.120 e. The van der Waals surface area contributed by atoms with Gasteiger partial charge in [-0.15, -0.1) is 11.6 Å². The van der Waals surface area contributed by atoms with Gasteiger partial charge in [0.25, 0.3) is 0 Å². The van der Waals surface area contributed by atoms with E-state index < -0.39 is 0 Å². The molecule has 1 aromatic carbocycles. The summed E-state index contributed by atoms with van der Waals surface area (Å²) in [5.74, 6) is 1.45. The van der Waals surface area contributed by atoms with Gasteiger partial charge in [0.1, 0.15) is 5.75 Å². The Kier molecular flexibility index (Phi) is 3.66. The van der Waals surface area contributed by atoms with Crippen molar-refractivity contribution in [3.8, 4) is 5.75 Å². The Morgan fingerprint density at radius 3 is 2.81 bits per heavy atom. The van der Waals surface area contributed by atoms with Gasteiger partial charge in [0, 0.05) is 5.02 Å². The molecule has 0 heterocycles. The minimum Gasteiger partial charge on any atom is -0.497 e. The second-order valence-corrected chi connectivity index (χ2v) is 5.46. The summed E-state index contributed by atoms with van der Waals surface area (Å²) < 4.78 is 5.23. The molecule has 16 heavy (non-hydrogen) atoms. The van der Waals surface area contributed by atoms with Crippen molar-refractivity contribution < 1.29 is 4.74 Å². The van der Waals surface area contributed by atoms with E-state index >= 15 is 0 Å². The zero-order valence-electron chi connectivity index (χ0n) is 9.59. The van der Waals surface area contributed by atoms with Crippen LogP contribution in [0.1, 0.15) is 36.3 Å². The predicted molar refractivity (Wildman–Crippen MR) is 68.7 cm³/mol. The van der Waals surface area contributed by atoms with Crippen LogP contribution in [-0.2, 0) is 6.42 Å². The third-order valence-corrected chi connectivity index (χ3v) is 4.02. The number of halogens is 2. The molecule has 0 spiro atoms. The standard InChI is InChI=1S/C13H16Cl2O/c1-8-3-4-10-11(12(14)5-8)6-9(16-2)7-13(10)15/h6-8,12H,3-5H2,1-2H3. The van der Waals surface area contributed by atoms with Crippen LogP contribution in [0.5, 0.6) is 5.75 Å². The van der Waals surface area contributed by atoms with Crippen molar-refractivity contribution in [3.63, 3.8) is 0 Å². The van der Waals surface area contributed by atoms with Crippen LogP contribution in [-0.4, -0.2) is 7.11 Å². The van der Waals surface area contributed by atoms with Crippen LogP contribution >= 0.6 is 23.2 Å². The molecule has 0 fully saturated rings. The zero-order valence-corrected chi connectivity index (χ0v) is 11.1. The molecule has 2 rings (SSSR count). The van der Waals surface area contributed by atoms with Crippen molar-refractivity contribution in [1.29, 1.82) is 0 Å². The van der Waals surface area contributed by atoms with Crippen molar-refractivity contribution in [3.05, 3.63) is 28.3 Å². The SMILES string of the molecule is COc1cc(Cl)c2c(c1)C(Cl)CC(C)CC2. The minimum atomic E-state index is 0.0556. The summed E-state index contributed by atoms with van der Waals surface area (Å²) in [7, 11) is 1.65. The van der Waals surface area contributed by atoms with Crippen LogP contribution in [0.3, 0.4) is 0 Å². The number of benzene rings is 1. The fraction of sp³-hybridized carbons (Fsp3) is 0.538. The van der Waals surface area contributed by atoms with Crippen LogP contribution in [0.25, 0.3) is 0 Å². The summed E-state index contributed by atoms with van der Waals surface area (Å²) in [6.45, 7) is 2.24. The van der Waals surface area contributed by atoms with E-state index in [-0.39, 0.29) is 5.38 Å². The average molecular weight is 259 g/mol. The number of hydrogen-bond donors (Lipinski definition) is 0. The van der Waals surface area contributed by atoms with Crippen molar-refractivity contribution in [2.75, 3.05) is 7.11 Å². The molecule has 0 saturated heterocycles. The summed E-state index contributed by atoms with van der Waals surface area (Å²) in [4.78, 5) is 0. The third-order valence-electron chi connectivity index (χ3n) is 3.27. The van der Waals surface area contributed by atoms with E-state index in [1.807, 2.05) is 12.1 Å². The Labute approximate surface area is 107 Å². The molecule has 0 radical (unpaired) electrons. The quantitative estimate of drug-likeness (QED) is 0.529. The number of fused-ring (bicyclic) bond motifs is 1. The first-order chi connectivity index (χ1) is 7.61. The van der Waals surface area contributed by atoms with Gasteiger partial charge >= 0.3 is 0 Å². The van der Waals surface area contributed by atoms with E-state index in [9.17, 15) is 0 Å². The number of methoxy groups -OCH3 is 1. The summed E-state index contributed by atoms with van der Waals surface area (Å²) >= 11 is 12.7. The highest BCUT2D eigenvalue weighted by atomic mass is 35.5. The lowest BCUT2D eigenvalue weighted by Crippen LogP contribution is -1.97. The first kappa shape index (κ1) is 12.1. The topological polar surface area (TPSA) is 9.23 Å².